The lowest BCUT2D eigenvalue weighted by molar-refractivity contribution is 0.0727. The van der Waals surface area contributed by atoms with Gasteiger partial charge in [0.2, 0.25) is 0 Å². The third kappa shape index (κ3) is 4.89. The first-order valence-corrected chi connectivity index (χ1v) is 10.4. The van der Waals surface area contributed by atoms with E-state index in [0.717, 1.165) is 32.6 Å². The van der Waals surface area contributed by atoms with Crippen LogP contribution >= 0.6 is 0 Å². The molecule has 0 atom stereocenters. The fourth-order valence-corrected chi connectivity index (χ4v) is 3.78. The molecule has 1 saturated heterocycles. The van der Waals surface area contributed by atoms with Crippen molar-refractivity contribution in [3.05, 3.63) is 93.8 Å². The van der Waals surface area contributed by atoms with Crippen molar-refractivity contribution < 1.29 is 9.21 Å². The van der Waals surface area contributed by atoms with E-state index in [9.17, 15) is 9.59 Å². The number of furan rings is 1. The summed E-state index contributed by atoms with van der Waals surface area (Å²) >= 11 is 0. The minimum Gasteiger partial charge on any atom is -0.454 e. The first-order valence-electron chi connectivity index (χ1n) is 10.4. The maximum Gasteiger partial charge on any atom is 0.289 e. The maximum atomic E-state index is 12.9. The summed E-state index contributed by atoms with van der Waals surface area (Å²) in [5.74, 6) is 0.849. The van der Waals surface area contributed by atoms with Gasteiger partial charge in [-0.05, 0) is 37.1 Å². The van der Waals surface area contributed by atoms with Gasteiger partial charge in [-0.3, -0.25) is 14.5 Å². The minimum absolute atomic E-state index is 0.0844. The molecule has 30 heavy (non-hydrogen) atoms. The Bertz CT molecular complexity index is 1050. The molecule has 0 spiro atoms. The fourth-order valence-electron chi connectivity index (χ4n) is 3.78. The Morgan fingerprint density at radius 3 is 2.57 bits per heavy atom. The molecule has 0 N–H and O–H groups in total. The van der Waals surface area contributed by atoms with Crippen LogP contribution in [0, 0.1) is 6.92 Å². The number of carbonyl (C=O) groups is 1. The van der Waals surface area contributed by atoms with Gasteiger partial charge < -0.3 is 13.9 Å². The van der Waals surface area contributed by atoms with Gasteiger partial charge in [-0.15, -0.1) is 0 Å². The molecule has 6 heteroatoms. The molecular formula is C24H27N3O3. The first kappa shape index (κ1) is 20.2. The van der Waals surface area contributed by atoms with Crippen molar-refractivity contribution >= 4 is 5.91 Å². The molecule has 1 aliphatic rings. The highest BCUT2D eigenvalue weighted by Crippen LogP contribution is 2.15. The van der Waals surface area contributed by atoms with Crippen LogP contribution in [0.5, 0.6) is 0 Å². The molecule has 1 aromatic carbocycles. The van der Waals surface area contributed by atoms with Gasteiger partial charge in [-0.1, -0.05) is 35.9 Å². The monoisotopic (exact) mass is 405 g/mol. The van der Waals surface area contributed by atoms with Crippen LogP contribution in [0.3, 0.4) is 0 Å². The van der Waals surface area contributed by atoms with Crippen LogP contribution in [-0.4, -0.2) is 46.5 Å². The van der Waals surface area contributed by atoms with Crippen molar-refractivity contribution in [1.82, 2.24) is 14.4 Å². The van der Waals surface area contributed by atoms with Gasteiger partial charge >= 0.3 is 0 Å². The molecule has 2 aromatic heterocycles. The van der Waals surface area contributed by atoms with Crippen LogP contribution in [0.1, 0.15) is 33.9 Å². The van der Waals surface area contributed by atoms with E-state index in [-0.39, 0.29) is 11.5 Å². The molecule has 3 aromatic rings. The van der Waals surface area contributed by atoms with Crippen LogP contribution in [0.15, 0.2) is 70.0 Å². The highest BCUT2D eigenvalue weighted by Gasteiger charge is 2.22. The number of rotatable bonds is 5. The Hall–Kier alpha value is -3.12. The largest absolute Gasteiger partial charge is 0.454 e. The average molecular weight is 405 g/mol. The van der Waals surface area contributed by atoms with Crippen molar-refractivity contribution in [2.24, 2.45) is 0 Å². The second kappa shape index (κ2) is 9.13. The SMILES string of the molecule is Cc1ccc(CN2CCCN(C(=O)c3ccc(Cn4ccccc4=O)o3)CC2)cc1. The number of aryl methyl sites for hydroxylation is 1. The lowest BCUT2D eigenvalue weighted by Gasteiger charge is -2.21. The lowest BCUT2D eigenvalue weighted by Crippen LogP contribution is -2.34. The number of carbonyl (C=O) groups excluding carboxylic acids is 1. The van der Waals surface area contributed by atoms with Gasteiger partial charge in [0.15, 0.2) is 5.76 Å². The molecule has 1 amide bonds. The maximum absolute atomic E-state index is 12.9. The van der Waals surface area contributed by atoms with E-state index in [1.54, 1.807) is 35.0 Å². The lowest BCUT2D eigenvalue weighted by atomic mass is 10.1. The molecule has 6 nitrogen and oxygen atoms in total. The summed E-state index contributed by atoms with van der Waals surface area (Å²) in [6.07, 6.45) is 2.65. The summed E-state index contributed by atoms with van der Waals surface area (Å²) in [7, 11) is 0. The Morgan fingerprint density at radius 2 is 1.77 bits per heavy atom. The van der Waals surface area contributed by atoms with Gasteiger partial charge in [0.1, 0.15) is 5.76 Å². The predicted molar refractivity (Wildman–Crippen MR) is 115 cm³/mol. The zero-order valence-electron chi connectivity index (χ0n) is 17.3. The van der Waals surface area contributed by atoms with Gasteiger partial charge in [-0.25, -0.2) is 0 Å². The van der Waals surface area contributed by atoms with Crippen LogP contribution in [-0.2, 0) is 13.1 Å². The van der Waals surface area contributed by atoms with Crippen molar-refractivity contribution in [3.8, 4) is 0 Å². The molecule has 4 rings (SSSR count). The average Bonchev–Trinajstić information content (AvgIpc) is 3.09. The highest BCUT2D eigenvalue weighted by molar-refractivity contribution is 5.91. The zero-order chi connectivity index (χ0) is 20.9. The van der Waals surface area contributed by atoms with E-state index < -0.39 is 0 Å². The second-order valence-corrected chi connectivity index (χ2v) is 7.84. The first-order chi connectivity index (χ1) is 14.6. The van der Waals surface area contributed by atoms with E-state index in [4.69, 9.17) is 4.42 Å². The van der Waals surface area contributed by atoms with Crippen molar-refractivity contribution in [3.63, 3.8) is 0 Å². The molecule has 0 saturated carbocycles. The van der Waals surface area contributed by atoms with Gasteiger partial charge in [-0.2, -0.15) is 0 Å². The number of pyridine rings is 1. The van der Waals surface area contributed by atoms with E-state index in [1.807, 2.05) is 4.90 Å². The molecule has 0 radical (unpaired) electrons. The van der Waals surface area contributed by atoms with E-state index in [0.29, 0.717) is 24.6 Å². The molecule has 1 aliphatic heterocycles. The number of amides is 1. The van der Waals surface area contributed by atoms with Crippen LogP contribution in [0.4, 0.5) is 0 Å². The number of hydrogen-bond donors (Lipinski definition) is 0. The third-order valence-corrected chi connectivity index (χ3v) is 5.50. The summed E-state index contributed by atoms with van der Waals surface area (Å²) in [5.41, 5.74) is 2.47. The molecule has 156 valence electrons. The summed E-state index contributed by atoms with van der Waals surface area (Å²) in [5, 5.41) is 0. The standard InChI is InChI=1S/C24H27N3O3/c1-19-6-8-20(9-7-19)17-25-12-4-14-26(16-15-25)24(29)22-11-10-21(30-22)18-27-13-3-2-5-23(27)28/h2-3,5-11,13H,4,12,14-18H2,1H3. The topological polar surface area (TPSA) is 58.7 Å². The number of aromatic nitrogens is 1. The Morgan fingerprint density at radius 1 is 0.933 bits per heavy atom. The van der Waals surface area contributed by atoms with Crippen molar-refractivity contribution in [2.75, 3.05) is 26.2 Å². The molecule has 3 heterocycles. The smallest absolute Gasteiger partial charge is 0.289 e. The number of benzene rings is 1. The van der Waals surface area contributed by atoms with Crippen LogP contribution in [0.25, 0.3) is 0 Å². The van der Waals surface area contributed by atoms with Gasteiger partial charge in [0.25, 0.3) is 11.5 Å². The Balaban J connectivity index is 1.36. The van der Waals surface area contributed by atoms with Crippen LogP contribution < -0.4 is 5.56 Å². The summed E-state index contributed by atoms with van der Waals surface area (Å²) in [4.78, 5) is 29.1. The third-order valence-electron chi connectivity index (χ3n) is 5.50. The Labute approximate surface area is 176 Å². The fraction of sp³-hybridized carbons (Fsp3) is 0.333. The van der Waals surface area contributed by atoms with Crippen molar-refractivity contribution in [2.45, 2.75) is 26.4 Å². The quantitative estimate of drug-likeness (QED) is 0.654. The van der Waals surface area contributed by atoms with Gasteiger partial charge in [0, 0.05) is 45.0 Å². The van der Waals surface area contributed by atoms with E-state index in [1.165, 1.54) is 17.2 Å². The number of hydrogen-bond acceptors (Lipinski definition) is 4. The molecule has 0 aliphatic carbocycles. The van der Waals surface area contributed by atoms with Crippen LogP contribution in [0.2, 0.25) is 0 Å². The molecular weight excluding hydrogens is 378 g/mol. The van der Waals surface area contributed by atoms with Crippen molar-refractivity contribution in [1.29, 1.82) is 0 Å². The van der Waals surface area contributed by atoms with E-state index >= 15 is 0 Å². The summed E-state index contributed by atoms with van der Waals surface area (Å²) in [6, 6.07) is 17.1. The Kier molecular flexibility index (Phi) is 6.14. The van der Waals surface area contributed by atoms with E-state index in [2.05, 4.69) is 36.1 Å². The highest BCUT2D eigenvalue weighted by atomic mass is 16.4. The summed E-state index contributed by atoms with van der Waals surface area (Å²) in [6.45, 7) is 6.52. The number of nitrogens with zero attached hydrogens (tertiary/aromatic N) is 3. The zero-order valence-corrected chi connectivity index (χ0v) is 17.3. The molecule has 1 fully saturated rings. The second-order valence-electron chi connectivity index (χ2n) is 7.84. The molecule has 0 bridgehead atoms. The normalized spacial score (nSPS) is 15.2. The summed E-state index contributed by atoms with van der Waals surface area (Å²) < 4.78 is 7.33. The van der Waals surface area contributed by atoms with Gasteiger partial charge in [0.05, 0.1) is 6.54 Å². The molecule has 0 unspecified atom stereocenters. The minimum atomic E-state index is -0.0945. The predicted octanol–water partition coefficient (Wildman–Crippen LogP) is 3.15.